The van der Waals surface area contributed by atoms with Gasteiger partial charge in [0, 0.05) is 5.56 Å². The Balaban J connectivity index is 1.88. The fourth-order valence-electron chi connectivity index (χ4n) is 2.51. The topological polar surface area (TPSA) is 81.5 Å². The van der Waals surface area contributed by atoms with Crippen molar-refractivity contribution in [3.63, 3.8) is 0 Å². The first-order valence-corrected chi connectivity index (χ1v) is 9.06. The van der Waals surface area contributed by atoms with Crippen LogP contribution in [0, 0.1) is 4.77 Å². The van der Waals surface area contributed by atoms with Crippen LogP contribution in [0.5, 0.6) is 5.75 Å². The molecule has 0 radical (unpaired) electrons. The van der Waals surface area contributed by atoms with Crippen molar-refractivity contribution in [2.45, 2.75) is 20.0 Å². The predicted molar refractivity (Wildman–Crippen MR) is 109 cm³/mol. The van der Waals surface area contributed by atoms with E-state index in [2.05, 4.69) is 15.3 Å². The molecule has 0 aliphatic heterocycles. The maximum absolute atomic E-state index is 11.5. The molecule has 0 saturated heterocycles. The van der Waals surface area contributed by atoms with Gasteiger partial charge in [0.05, 0.1) is 25.0 Å². The van der Waals surface area contributed by atoms with Gasteiger partial charge in [-0.3, -0.25) is 0 Å². The number of ether oxygens (including phenoxy) is 2. The molecule has 0 saturated carbocycles. The van der Waals surface area contributed by atoms with Gasteiger partial charge in [0.25, 0.3) is 0 Å². The molecule has 0 atom stereocenters. The highest BCUT2D eigenvalue weighted by atomic mass is 32.1. The van der Waals surface area contributed by atoms with Gasteiger partial charge in [0.1, 0.15) is 5.75 Å². The molecule has 0 aliphatic carbocycles. The Bertz CT molecular complexity index is 1050. The zero-order chi connectivity index (χ0) is 20.1. The smallest absolute Gasteiger partial charge is 0.337 e. The predicted octanol–water partition coefficient (Wildman–Crippen LogP) is 4.06. The second-order valence-electron chi connectivity index (χ2n) is 6.22. The zero-order valence-corrected chi connectivity index (χ0v) is 16.6. The summed E-state index contributed by atoms with van der Waals surface area (Å²) in [6.45, 7) is 3.94. The van der Waals surface area contributed by atoms with E-state index in [-0.39, 0.29) is 12.1 Å². The number of rotatable bonds is 6. The maximum Gasteiger partial charge on any atom is 0.337 e. The molecular formula is C20H20N4O3S. The number of hydrogen-bond acceptors (Lipinski definition) is 6. The normalized spacial score (nSPS) is 11.1. The number of hydrogen-bond donors (Lipinski definition) is 1. The monoisotopic (exact) mass is 396 g/mol. The van der Waals surface area contributed by atoms with Crippen LogP contribution in [0.1, 0.15) is 29.8 Å². The Morgan fingerprint density at radius 1 is 1.25 bits per heavy atom. The Hall–Kier alpha value is -3.26. The van der Waals surface area contributed by atoms with Crippen molar-refractivity contribution in [2.75, 3.05) is 7.11 Å². The van der Waals surface area contributed by atoms with Crippen molar-refractivity contribution in [1.29, 1.82) is 0 Å². The maximum atomic E-state index is 11.5. The highest BCUT2D eigenvalue weighted by Gasteiger charge is 2.10. The number of nitrogens with one attached hydrogen (secondary N) is 1. The minimum Gasteiger partial charge on any atom is -0.491 e. The number of benzene rings is 2. The van der Waals surface area contributed by atoms with E-state index >= 15 is 0 Å². The summed E-state index contributed by atoms with van der Waals surface area (Å²) >= 11 is 5.30. The molecule has 1 aromatic heterocycles. The summed E-state index contributed by atoms with van der Waals surface area (Å²) in [6.07, 6.45) is 1.71. The molecule has 7 nitrogen and oxygen atoms in total. The first-order valence-electron chi connectivity index (χ1n) is 8.65. The van der Waals surface area contributed by atoms with Crippen LogP contribution in [-0.4, -0.2) is 40.3 Å². The van der Waals surface area contributed by atoms with Gasteiger partial charge < -0.3 is 9.47 Å². The lowest BCUT2D eigenvalue weighted by molar-refractivity contribution is 0.0600. The molecule has 0 aliphatic rings. The van der Waals surface area contributed by atoms with Crippen molar-refractivity contribution < 1.29 is 14.3 Å². The highest BCUT2D eigenvalue weighted by Crippen LogP contribution is 2.23. The quantitative estimate of drug-likeness (QED) is 0.386. The Morgan fingerprint density at radius 3 is 2.68 bits per heavy atom. The van der Waals surface area contributed by atoms with Gasteiger partial charge in [-0.15, -0.1) is 0 Å². The van der Waals surface area contributed by atoms with Crippen LogP contribution in [0.15, 0.2) is 53.6 Å². The van der Waals surface area contributed by atoms with Gasteiger partial charge >= 0.3 is 5.97 Å². The van der Waals surface area contributed by atoms with E-state index in [0.717, 1.165) is 16.9 Å². The van der Waals surface area contributed by atoms with Crippen LogP contribution in [0.25, 0.3) is 11.4 Å². The number of aromatic nitrogens is 3. The largest absolute Gasteiger partial charge is 0.491 e. The van der Waals surface area contributed by atoms with Gasteiger partial charge in [-0.25, -0.2) is 9.89 Å². The molecule has 0 spiro atoms. The molecule has 0 amide bonds. The van der Waals surface area contributed by atoms with Crippen LogP contribution in [0.4, 0.5) is 0 Å². The zero-order valence-electron chi connectivity index (χ0n) is 15.7. The number of methoxy groups -OCH3 is 1. The van der Waals surface area contributed by atoms with Crippen molar-refractivity contribution in [3.8, 4) is 17.1 Å². The molecule has 2 aromatic carbocycles. The lowest BCUT2D eigenvalue weighted by Crippen LogP contribution is -2.05. The van der Waals surface area contributed by atoms with Crippen LogP contribution >= 0.6 is 12.2 Å². The number of carbonyl (C=O) groups is 1. The highest BCUT2D eigenvalue weighted by molar-refractivity contribution is 7.71. The summed E-state index contributed by atoms with van der Waals surface area (Å²) in [5.41, 5.74) is 2.10. The van der Waals surface area contributed by atoms with Crippen molar-refractivity contribution in [1.82, 2.24) is 14.9 Å². The molecular weight excluding hydrogens is 376 g/mol. The van der Waals surface area contributed by atoms with Crippen LogP contribution < -0.4 is 4.74 Å². The number of H-pyrrole nitrogens is 1. The van der Waals surface area contributed by atoms with E-state index in [1.165, 1.54) is 11.8 Å². The van der Waals surface area contributed by atoms with Crippen LogP contribution in [0.2, 0.25) is 0 Å². The molecule has 0 bridgehead atoms. The summed E-state index contributed by atoms with van der Waals surface area (Å²) < 4.78 is 12.3. The third-order valence-electron chi connectivity index (χ3n) is 3.77. The van der Waals surface area contributed by atoms with E-state index < -0.39 is 0 Å². The van der Waals surface area contributed by atoms with Crippen molar-refractivity contribution in [2.24, 2.45) is 5.10 Å². The van der Waals surface area contributed by atoms with Gasteiger partial charge in [-0.1, -0.05) is 24.3 Å². The second-order valence-corrected chi connectivity index (χ2v) is 6.60. The van der Waals surface area contributed by atoms with Gasteiger partial charge in [0.2, 0.25) is 4.77 Å². The molecule has 8 heteroatoms. The van der Waals surface area contributed by atoms with Crippen molar-refractivity contribution >= 4 is 24.4 Å². The molecule has 144 valence electrons. The Kier molecular flexibility index (Phi) is 6.00. The van der Waals surface area contributed by atoms with E-state index in [9.17, 15) is 4.79 Å². The lowest BCUT2D eigenvalue weighted by atomic mass is 10.1. The first-order chi connectivity index (χ1) is 13.5. The average Bonchev–Trinajstić information content (AvgIpc) is 3.06. The third-order valence-corrected chi connectivity index (χ3v) is 4.03. The average molecular weight is 396 g/mol. The number of aromatic amines is 1. The van der Waals surface area contributed by atoms with Crippen LogP contribution in [0.3, 0.4) is 0 Å². The van der Waals surface area contributed by atoms with Gasteiger partial charge in [0.15, 0.2) is 5.82 Å². The summed E-state index contributed by atoms with van der Waals surface area (Å²) in [5, 5.41) is 11.5. The molecule has 1 N–H and O–H groups in total. The Morgan fingerprint density at radius 2 is 2.00 bits per heavy atom. The second kappa shape index (κ2) is 8.62. The molecule has 1 heterocycles. The van der Waals surface area contributed by atoms with E-state index in [1.807, 2.05) is 38.1 Å². The lowest BCUT2D eigenvalue weighted by Gasteiger charge is -2.10. The molecule has 3 aromatic rings. The summed E-state index contributed by atoms with van der Waals surface area (Å²) in [7, 11) is 1.35. The molecule has 0 fully saturated rings. The standard InChI is InChI=1S/C20H20N4O3S/c1-13(2)27-17-6-4-5-16(11-17)18-22-23-20(28)24(18)21-12-14-7-9-15(10-8-14)19(25)26-3/h4-13H,1-3H3,(H,23,28). The van der Waals surface area contributed by atoms with Gasteiger partial charge in [-0.2, -0.15) is 14.9 Å². The number of carbonyl (C=O) groups excluding carboxylic acids is 1. The van der Waals surface area contributed by atoms with Gasteiger partial charge in [-0.05, 0) is 55.9 Å². The van der Waals surface area contributed by atoms with E-state index in [0.29, 0.717) is 16.2 Å². The van der Waals surface area contributed by atoms with Crippen LogP contribution in [-0.2, 0) is 4.74 Å². The van der Waals surface area contributed by atoms with E-state index in [4.69, 9.17) is 21.7 Å². The molecule has 3 rings (SSSR count). The fraction of sp³-hybridized carbons (Fsp3) is 0.200. The third kappa shape index (κ3) is 4.52. The molecule has 28 heavy (non-hydrogen) atoms. The molecule has 0 unspecified atom stereocenters. The van der Waals surface area contributed by atoms with Crippen molar-refractivity contribution in [3.05, 3.63) is 64.4 Å². The minimum atomic E-state index is -0.383. The number of nitrogens with zero attached hydrogens (tertiary/aromatic N) is 3. The Labute approximate surface area is 167 Å². The first kappa shape index (κ1) is 19.5. The van der Waals surface area contributed by atoms with E-state index in [1.54, 1.807) is 30.5 Å². The summed E-state index contributed by atoms with van der Waals surface area (Å²) in [6, 6.07) is 14.5. The number of esters is 1. The summed E-state index contributed by atoms with van der Waals surface area (Å²) in [4.78, 5) is 11.5. The summed E-state index contributed by atoms with van der Waals surface area (Å²) in [5.74, 6) is 0.934. The minimum absolute atomic E-state index is 0.0713. The fourth-order valence-corrected chi connectivity index (χ4v) is 2.69. The SMILES string of the molecule is COC(=O)c1ccc(C=Nn2c(-c3cccc(OC(C)C)c3)n[nH]c2=S)cc1.